The largest absolute Gasteiger partial charge is 0.491 e. The minimum absolute atomic E-state index is 0.0128. The molecule has 0 aliphatic heterocycles. The second-order valence-corrected chi connectivity index (χ2v) is 8.37. The van der Waals surface area contributed by atoms with Crippen molar-refractivity contribution >= 4 is 39.1 Å². The lowest BCUT2D eigenvalue weighted by Gasteiger charge is -2.14. The Labute approximate surface area is 158 Å². The Hall–Kier alpha value is -2.19. The van der Waals surface area contributed by atoms with Gasteiger partial charge < -0.3 is 10.1 Å². The van der Waals surface area contributed by atoms with E-state index in [1.54, 1.807) is 30.3 Å². The molecule has 0 aliphatic carbocycles. The predicted octanol–water partition coefficient (Wildman–Crippen LogP) is 3.95. The van der Waals surface area contributed by atoms with Gasteiger partial charge in [0.25, 0.3) is 10.0 Å². The lowest BCUT2D eigenvalue weighted by atomic mass is 10.3. The van der Waals surface area contributed by atoms with E-state index >= 15 is 0 Å². The molecule has 0 aliphatic rings. The summed E-state index contributed by atoms with van der Waals surface area (Å²) in [5.41, 5.74) is 0.864. The third-order valence-electron chi connectivity index (χ3n) is 3.25. The molecular weight excluding hydrogens is 372 g/mol. The molecule has 1 amide bonds. The van der Waals surface area contributed by atoms with Crippen LogP contribution in [0.15, 0.2) is 52.3 Å². The first-order valence-electron chi connectivity index (χ1n) is 7.96. The fraction of sp³-hybridized carbons (Fsp3) is 0.278. The molecular formula is C18H22N2O4S2. The molecule has 0 unspecified atom stereocenters. The number of hydrogen-bond acceptors (Lipinski definition) is 5. The van der Waals surface area contributed by atoms with Crippen molar-refractivity contribution in [1.82, 2.24) is 0 Å². The number of hydrogen-bond donors (Lipinski definition) is 2. The molecule has 8 heteroatoms. The fourth-order valence-corrected chi connectivity index (χ4v) is 3.87. The smallest absolute Gasteiger partial charge is 0.261 e. The van der Waals surface area contributed by atoms with Crippen molar-refractivity contribution in [2.45, 2.75) is 36.7 Å². The number of amides is 1. The van der Waals surface area contributed by atoms with Crippen molar-refractivity contribution < 1.29 is 17.9 Å². The number of thioether (sulfide) groups is 1. The van der Waals surface area contributed by atoms with Gasteiger partial charge in [0, 0.05) is 17.9 Å². The minimum atomic E-state index is -3.81. The van der Waals surface area contributed by atoms with Gasteiger partial charge in [-0.05, 0) is 50.4 Å². The third-order valence-corrected chi connectivity index (χ3v) is 5.42. The van der Waals surface area contributed by atoms with Gasteiger partial charge in [0.15, 0.2) is 0 Å². The molecule has 0 heterocycles. The standard InChI is InChI=1S/C18H22N2O4S2/c1-12(2)24-15-7-5-6-14(10-15)20-26(22,23)16-8-9-18(25-4)17(11-16)19-13(3)21/h5-12,20H,1-4H3,(H,19,21). The van der Waals surface area contributed by atoms with Crippen LogP contribution in [0.1, 0.15) is 20.8 Å². The van der Waals surface area contributed by atoms with Gasteiger partial charge in [-0.3, -0.25) is 9.52 Å². The number of benzene rings is 2. The van der Waals surface area contributed by atoms with E-state index in [-0.39, 0.29) is 16.9 Å². The molecule has 0 spiro atoms. The lowest BCUT2D eigenvalue weighted by molar-refractivity contribution is -0.114. The van der Waals surface area contributed by atoms with E-state index in [2.05, 4.69) is 10.0 Å². The number of nitrogens with one attached hydrogen (secondary N) is 2. The zero-order valence-corrected chi connectivity index (χ0v) is 16.7. The summed E-state index contributed by atoms with van der Waals surface area (Å²) in [5, 5.41) is 2.66. The van der Waals surface area contributed by atoms with Crippen LogP contribution >= 0.6 is 11.8 Å². The van der Waals surface area contributed by atoms with Crippen LogP contribution in [0.3, 0.4) is 0 Å². The van der Waals surface area contributed by atoms with Gasteiger partial charge in [-0.1, -0.05) is 6.07 Å². The molecule has 2 N–H and O–H groups in total. The average molecular weight is 395 g/mol. The highest BCUT2D eigenvalue weighted by Crippen LogP contribution is 2.29. The van der Waals surface area contributed by atoms with Crippen LogP contribution in [-0.2, 0) is 14.8 Å². The van der Waals surface area contributed by atoms with Crippen molar-refractivity contribution in [3.8, 4) is 5.75 Å². The lowest BCUT2D eigenvalue weighted by Crippen LogP contribution is -2.14. The first-order chi connectivity index (χ1) is 12.2. The second-order valence-electron chi connectivity index (χ2n) is 5.84. The summed E-state index contributed by atoms with van der Waals surface area (Å²) in [4.78, 5) is 12.2. The highest BCUT2D eigenvalue weighted by atomic mass is 32.2. The first kappa shape index (κ1) is 20.1. The molecule has 0 fully saturated rings. The summed E-state index contributed by atoms with van der Waals surface area (Å²) in [6.45, 7) is 5.17. The molecule has 6 nitrogen and oxygen atoms in total. The summed E-state index contributed by atoms with van der Waals surface area (Å²) in [6.07, 6.45) is 1.84. The Morgan fingerprint density at radius 1 is 1.15 bits per heavy atom. The highest BCUT2D eigenvalue weighted by molar-refractivity contribution is 7.98. The molecule has 140 valence electrons. The first-order valence-corrected chi connectivity index (χ1v) is 10.7. The van der Waals surface area contributed by atoms with Crippen LogP contribution in [0.2, 0.25) is 0 Å². The predicted molar refractivity (Wildman–Crippen MR) is 106 cm³/mol. The van der Waals surface area contributed by atoms with Crippen LogP contribution in [0.5, 0.6) is 5.75 Å². The Bertz CT molecular complexity index is 896. The third kappa shape index (κ3) is 5.40. The van der Waals surface area contributed by atoms with Crippen molar-refractivity contribution in [3.63, 3.8) is 0 Å². The van der Waals surface area contributed by atoms with E-state index in [0.717, 1.165) is 4.90 Å². The molecule has 0 aromatic heterocycles. The maximum Gasteiger partial charge on any atom is 0.261 e. The molecule has 2 aromatic rings. The van der Waals surface area contributed by atoms with Crippen LogP contribution < -0.4 is 14.8 Å². The summed E-state index contributed by atoms with van der Waals surface area (Å²) in [7, 11) is -3.81. The molecule has 2 rings (SSSR count). The molecule has 2 aromatic carbocycles. The molecule has 0 atom stereocenters. The van der Waals surface area contributed by atoms with Gasteiger partial charge >= 0.3 is 0 Å². The molecule has 26 heavy (non-hydrogen) atoms. The van der Waals surface area contributed by atoms with Crippen molar-refractivity contribution in [2.75, 3.05) is 16.3 Å². The zero-order valence-electron chi connectivity index (χ0n) is 15.1. The van der Waals surface area contributed by atoms with Gasteiger partial charge in [-0.25, -0.2) is 8.42 Å². The van der Waals surface area contributed by atoms with E-state index in [0.29, 0.717) is 17.1 Å². The van der Waals surface area contributed by atoms with Gasteiger partial charge in [-0.2, -0.15) is 0 Å². The van der Waals surface area contributed by atoms with Gasteiger partial charge in [-0.15, -0.1) is 11.8 Å². The topological polar surface area (TPSA) is 84.5 Å². The number of ether oxygens (including phenoxy) is 1. The number of carbonyl (C=O) groups excluding carboxylic acids is 1. The Balaban J connectivity index is 2.31. The van der Waals surface area contributed by atoms with Crippen LogP contribution in [-0.4, -0.2) is 26.7 Å². The number of carbonyl (C=O) groups is 1. The van der Waals surface area contributed by atoms with Gasteiger partial charge in [0.2, 0.25) is 5.91 Å². The Kier molecular flexibility index (Phi) is 6.55. The molecule has 0 saturated carbocycles. The minimum Gasteiger partial charge on any atom is -0.491 e. The van der Waals surface area contributed by atoms with E-state index in [1.807, 2.05) is 20.1 Å². The fourth-order valence-electron chi connectivity index (χ4n) is 2.26. The van der Waals surface area contributed by atoms with Crippen molar-refractivity contribution in [3.05, 3.63) is 42.5 Å². The van der Waals surface area contributed by atoms with Crippen molar-refractivity contribution in [1.29, 1.82) is 0 Å². The maximum atomic E-state index is 12.7. The zero-order chi connectivity index (χ0) is 19.3. The Morgan fingerprint density at radius 3 is 2.50 bits per heavy atom. The monoisotopic (exact) mass is 394 g/mol. The summed E-state index contributed by atoms with van der Waals surface area (Å²) in [5.74, 6) is 0.318. The van der Waals surface area contributed by atoms with Crippen LogP contribution in [0, 0.1) is 0 Å². The van der Waals surface area contributed by atoms with Crippen LogP contribution in [0.4, 0.5) is 11.4 Å². The second kappa shape index (κ2) is 8.46. The van der Waals surface area contributed by atoms with E-state index in [1.165, 1.54) is 30.8 Å². The summed E-state index contributed by atoms with van der Waals surface area (Å²) >= 11 is 1.42. The average Bonchev–Trinajstić information content (AvgIpc) is 2.53. The van der Waals surface area contributed by atoms with E-state index in [9.17, 15) is 13.2 Å². The van der Waals surface area contributed by atoms with E-state index in [4.69, 9.17) is 4.74 Å². The highest BCUT2D eigenvalue weighted by Gasteiger charge is 2.17. The van der Waals surface area contributed by atoms with Gasteiger partial charge in [0.1, 0.15) is 5.75 Å². The SMILES string of the molecule is CSc1ccc(S(=O)(=O)Nc2cccc(OC(C)C)c2)cc1NC(C)=O. The number of anilines is 2. The quantitative estimate of drug-likeness (QED) is 0.695. The molecule has 0 saturated heterocycles. The van der Waals surface area contributed by atoms with Gasteiger partial charge in [0.05, 0.1) is 22.4 Å². The van der Waals surface area contributed by atoms with Crippen molar-refractivity contribution in [2.24, 2.45) is 0 Å². The number of sulfonamides is 1. The summed E-state index contributed by atoms with van der Waals surface area (Å²) in [6, 6.07) is 11.4. The van der Waals surface area contributed by atoms with Crippen LogP contribution in [0.25, 0.3) is 0 Å². The normalized spacial score (nSPS) is 11.3. The molecule has 0 radical (unpaired) electrons. The summed E-state index contributed by atoms with van der Waals surface area (Å²) < 4.78 is 33.5. The molecule has 0 bridgehead atoms. The maximum absolute atomic E-state index is 12.7. The Morgan fingerprint density at radius 2 is 1.88 bits per heavy atom. The van der Waals surface area contributed by atoms with E-state index < -0.39 is 10.0 Å². The number of rotatable bonds is 7.